The maximum atomic E-state index is 13.2. The molecule has 0 bridgehead atoms. The third kappa shape index (κ3) is 3.84. The molecule has 0 aliphatic carbocycles. The lowest BCUT2D eigenvalue weighted by atomic mass is 10.0. The largest absolute Gasteiger partial charge is 0.324 e. The molecule has 144 valence electrons. The molecule has 0 saturated heterocycles. The molecule has 3 aromatic carbocycles. The van der Waals surface area contributed by atoms with Gasteiger partial charge in [-0.1, -0.05) is 58.4 Å². The third-order valence-electron chi connectivity index (χ3n) is 4.82. The smallest absolute Gasteiger partial charge is 0.262 e. The minimum atomic E-state index is -0.964. The van der Waals surface area contributed by atoms with Gasteiger partial charge >= 0.3 is 0 Å². The number of hydrogen-bond acceptors (Lipinski definition) is 3. The highest BCUT2D eigenvalue weighted by Gasteiger charge is 2.42. The number of benzene rings is 3. The van der Waals surface area contributed by atoms with Crippen molar-refractivity contribution >= 4 is 39.3 Å². The van der Waals surface area contributed by atoms with Crippen molar-refractivity contribution in [3.8, 4) is 0 Å². The highest BCUT2D eigenvalue weighted by Crippen LogP contribution is 2.27. The Balaban J connectivity index is 1.67. The second-order valence-corrected chi connectivity index (χ2v) is 7.64. The number of nitrogens with one attached hydrogen (secondary N) is 1. The third-order valence-corrected chi connectivity index (χ3v) is 5.35. The SMILES string of the molecule is O=C(Nc1ccc(Br)cc1)[C@H](Cc1ccccc1)N1C(=O)c2ccccc2C1=O. The summed E-state index contributed by atoms with van der Waals surface area (Å²) in [6.07, 6.45) is 0.231. The number of anilines is 1. The van der Waals surface area contributed by atoms with Crippen molar-refractivity contribution in [3.05, 3.63) is 100 Å². The van der Waals surface area contributed by atoms with Gasteiger partial charge in [-0.3, -0.25) is 19.3 Å². The average Bonchev–Trinajstić information content (AvgIpc) is 2.99. The first-order valence-electron chi connectivity index (χ1n) is 9.12. The predicted molar refractivity (Wildman–Crippen MR) is 114 cm³/mol. The molecule has 1 atom stereocenters. The molecule has 1 aliphatic heterocycles. The van der Waals surface area contributed by atoms with Gasteiger partial charge in [0.1, 0.15) is 6.04 Å². The van der Waals surface area contributed by atoms with Crippen LogP contribution in [0.2, 0.25) is 0 Å². The molecule has 5 nitrogen and oxygen atoms in total. The van der Waals surface area contributed by atoms with Gasteiger partial charge in [-0.2, -0.15) is 0 Å². The summed E-state index contributed by atoms with van der Waals surface area (Å²) in [7, 11) is 0. The molecule has 0 saturated carbocycles. The molecule has 3 aromatic rings. The Labute approximate surface area is 176 Å². The number of fused-ring (bicyclic) bond motifs is 1. The molecule has 1 N–H and O–H groups in total. The number of nitrogens with zero attached hydrogens (tertiary/aromatic N) is 1. The van der Waals surface area contributed by atoms with Crippen molar-refractivity contribution in [1.29, 1.82) is 0 Å². The predicted octanol–water partition coefficient (Wildman–Crippen LogP) is 4.30. The Bertz CT molecular complexity index is 1050. The molecular weight excluding hydrogens is 432 g/mol. The molecule has 0 aromatic heterocycles. The highest BCUT2D eigenvalue weighted by atomic mass is 79.9. The topological polar surface area (TPSA) is 66.5 Å². The van der Waals surface area contributed by atoms with E-state index in [2.05, 4.69) is 21.2 Å². The van der Waals surface area contributed by atoms with Gasteiger partial charge in [0.2, 0.25) is 5.91 Å². The van der Waals surface area contributed by atoms with Crippen LogP contribution < -0.4 is 5.32 Å². The lowest BCUT2D eigenvalue weighted by Crippen LogP contribution is -2.48. The van der Waals surface area contributed by atoms with E-state index in [-0.39, 0.29) is 6.42 Å². The van der Waals surface area contributed by atoms with Gasteiger partial charge in [0, 0.05) is 16.6 Å². The number of carbonyl (C=O) groups excluding carboxylic acids is 3. The zero-order valence-electron chi connectivity index (χ0n) is 15.3. The Morgan fingerprint density at radius 2 is 1.38 bits per heavy atom. The van der Waals surface area contributed by atoms with Crippen molar-refractivity contribution in [3.63, 3.8) is 0 Å². The standard InChI is InChI=1S/C23H17BrN2O3/c24-16-10-12-17(13-11-16)25-21(27)20(14-15-6-2-1-3-7-15)26-22(28)18-8-4-5-9-19(18)23(26)29/h1-13,20H,14H2,(H,25,27)/t20-/m0/s1. The maximum absolute atomic E-state index is 13.2. The summed E-state index contributed by atoms with van der Waals surface area (Å²) in [5.74, 6) is -1.30. The first-order chi connectivity index (χ1) is 14.0. The van der Waals surface area contributed by atoms with Crippen molar-refractivity contribution in [2.45, 2.75) is 12.5 Å². The van der Waals surface area contributed by atoms with Crippen LogP contribution in [0.15, 0.2) is 83.3 Å². The summed E-state index contributed by atoms with van der Waals surface area (Å²) >= 11 is 3.36. The van der Waals surface area contributed by atoms with Crippen LogP contribution >= 0.6 is 15.9 Å². The number of carbonyl (C=O) groups is 3. The van der Waals surface area contributed by atoms with E-state index in [1.165, 1.54) is 0 Å². The molecule has 4 rings (SSSR count). The molecule has 29 heavy (non-hydrogen) atoms. The fourth-order valence-corrected chi connectivity index (χ4v) is 3.65. The molecule has 1 heterocycles. The van der Waals surface area contributed by atoms with E-state index in [1.54, 1.807) is 36.4 Å². The number of amides is 3. The van der Waals surface area contributed by atoms with Gasteiger partial charge in [0.05, 0.1) is 11.1 Å². The quantitative estimate of drug-likeness (QED) is 0.591. The van der Waals surface area contributed by atoms with E-state index in [0.29, 0.717) is 16.8 Å². The summed E-state index contributed by atoms with van der Waals surface area (Å²) in [6.45, 7) is 0. The molecule has 0 radical (unpaired) electrons. The van der Waals surface area contributed by atoms with Gasteiger partial charge < -0.3 is 5.32 Å². The van der Waals surface area contributed by atoms with Gasteiger partial charge in [-0.15, -0.1) is 0 Å². The minimum absolute atomic E-state index is 0.231. The lowest BCUT2D eigenvalue weighted by Gasteiger charge is -2.25. The maximum Gasteiger partial charge on any atom is 0.262 e. The average molecular weight is 449 g/mol. The molecule has 1 aliphatic rings. The lowest BCUT2D eigenvalue weighted by molar-refractivity contribution is -0.119. The van der Waals surface area contributed by atoms with Crippen molar-refractivity contribution in [1.82, 2.24) is 4.90 Å². The Kier molecular flexibility index (Phi) is 5.27. The second-order valence-electron chi connectivity index (χ2n) is 6.73. The number of hydrogen-bond donors (Lipinski definition) is 1. The fourth-order valence-electron chi connectivity index (χ4n) is 3.39. The summed E-state index contributed by atoms with van der Waals surface area (Å²) in [5.41, 5.74) is 2.10. The van der Waals surface area contributed by atoms with E-state index in [0.717, 1.165) is 14.9 Å². The van der Waals surface area contributed by atoms with E-state index in [9.17, 15) is 14.4 Å². The zero-order valence-corrected chi connectivity index (χ0v) is 16.9. The van der Waals surface area contributed by atoms with Crippen LogP contribution in [-0.4, -0.2) is 28.7 Å². The number of halogens is 1. The fraction of sp³-hybridized carbons (Fsp3) is 0.0870. The van der Waals surface area contributed by atoms with Crippen LogP contribution in [0.25, 0.3) is 0 Å². The summed E-state index contributed by atoms with van der Waals surface area (Å²) < 4.78 is 0.886. The second kappa shape index (κ2) is 8.01. The van der Waals surface area contributed by atoms with Crippen molar-refractivity contribution in [2.24, 2.45) is 0 Å². The van der Waals surface area contributed by atoms with E-state index < -0.39 is 23.8 Å². The molecule has 0 spiro atoms. The summed E-state index contributed by atoms with van der Waals surface area (Å²) in [4.78, 5) is 40.2. The van der Waals surface area contributed by atoms with Crippen LogP contribution in [0.1, 0.15) is 26.3 Å². The van der Waals surface area contributed by atoms with Crippen LogP contribution in [0.4, 0.5) is 5.69 Å². The van der Waals surface area contributed by atoms with E-state index in [1.807, 2.05) is 42.5 Å². The van der Waals surface area contributed by atoms with Gasteiger partial charge in [-0.25, -0.2) is 0 Å². The first-order valence-corrected chi connectivity index (χ1v) is 9.91. The van der Waals surface area contributed by atoms with Gasteiger partial charge in [-0.05, 0) is 42.0 Å². The van der Waals surface area contributed by atoms with Gasteiger partial charge in [0.25, 0.3) is 11.8 Å². The summed E-state index contributed by atoms with van der Waals surface area (Å²) in [5, 5.41) is 2.83. The van der Waals surface area contributed by atoms with Crippen LogP contribution in [0.5, 0.6) is 0 Å². The normalized spacial score (nSPS) is 13.9. The van der Waals surface area contributed by atoms with Crippen molar-refractivity contribution < 1.29 is 14.4 Å². The molecule has 0 unspecified atom stereocenters. The first kappa shape index (κ1) is 19.1. The summed E-state index contributed by atoms with van der Waals surface area (Å²) in [6, 6.07) is 22.2. The van der Waals surface area contributed by atoms with Crippen LogP contribution in [0, 0.1) is 0 Å². The molecule has 6 heteroatoms. The molecule has 0 fully saturated rings. The van der Waals surface area contributed by atoms with Gasteiger partial charge in [0.15, 0.2) is 0 Å². The molecule has 3 amide bonds. The minimum Gasteiger partial charge on any atom is -0.324 e. The van der Waals surface area contributed by atoms with Crippen molar-refractivity contribution in [2.75, 3.05) is 5.32 Å². The zero-order chi connectivity index (χ0) is 20.4. The number of imide groups is 1. The van der Waals surface area contributed by atoms with E-state index in [4.69, 9.17) is 0 Å². The highest BCUT2D eigenvalue weighted by molar-refractivity contribution is 9.10. The Morgan fingerprint density at radius 1 is 0.828 bits per heavy atom. The monoisotopic (exact) mass is 448 g/mol. The molecular formula is C23H17BrN2O3. The van der Waals surface area contributed by atoms with Crippen LogP contribution in [0.3, 0.4) is 0 Å². The Morgan fingerprint density at radius 3 is 1.97 bits per heavy atom. The number of rotatable bonds is 5. The van der Waals surface area contributed by atoms with Crippen LogP contribution in [-0.2, 0) is 11.2 Å². The Hall–Kier alpha value is -3.25. The van der Waals surface area contributed by atoms with E-state index >= 15 is 0 Å².